The molecule has 2 heterocycles. The lowest BCUT2D eigenvalue weighted by atomic mass is 10.1. The number of aromatic hydroxyl groups is 1. The third kappa shape index (κ3) is 3.41. The molecule has 0 bridgehead atoms. The number of carbonyl (C=O) groups is 1. The van der Waals surface area contributed by atoms with Crippen molar-refractivity contribution < 1.29 is 14.6 Å². The van der Waals surface area contributed by atoms with Crippen LogP contribution in [0.15, 0.2) is 48.5 Å². The van der Waals surface area contributed by atoms with Crippen LogP contribution in [0.25, 0.3) is 22.3 Å². The number of nitrogens with zero attached hydrogens (tertiary/aromatic N) is 2. The highest BCUT2D eigenvalue weighted by atomic mass is 16.5. The lowest BCUT2D eigenvalue weighted by Gasteiger charge is -2.16. The fourth-order valence-corrected chi connectivity index (χ4v) is 3.33. The van der Waals surface area contributed by atoms with Gasteiger partial charge < -0.3 is 20.5 Å². The van der Waals surface area contributed by atoms with E-state index in [4.69, 9.17) is 4.74 Å². The summed E-state index contributed by atoms with van der Waals surface area (Å²) in [6.45, 7) is 0.629. The lowest BCUT2D eigenvalue weighted by molar-refractivity contribution is -0.142. The van der Waals surface area contributed by atoms with Crippen molar-refractivity contribution in [1.29, 1.82) is 0 Å². The van der Waals surface area contributed by atoms with Gasteiger partial charge in [0.05, 0.1) is 18.2 Å². The van der Waals surface area contributed by atoms with Crippen LogP contribution in [0.3, 0.4) is 0 Å². The second kappa shape index (κ2) is 7.20. The van der Waals surface area contributed by atoms with Crippen LogP contribution in [0, 0.1) is 0 Å². The second-order valence-corrected chi connectivity index (χ2v) is 6.49. The van der Waals surface area contributed by atoms with Gasteiger partial charge in [-0.1, -0.05) is 24.3 Å². The van der Waals surface area contributed by atoms with Gasteiger partial charge in [0.25, 0.3) is 0 Å². The number of anilines is 1. The molecule has 4 rings (SSSR count). The van der Waals surface area contributed by atoms with Gasteiger partial charge in [-0.05, 0) is 30.7 Å². The molecule has 1 saturated heterocycles. The molecule has 7 heteroatoms. The fourth-order valence-electron chi connectivity index (χ4n) is 3.33. The second-order valence-electron chi connectivity index (χ2n) is 6.49. The number of nitrogens with one attached hydrogen (secondary N) is 2. The maximum Gasteiger partial charge on any atom is 0.322 e. The Morgan fingerprint density at radius 2 is 1.96 bits per heavy atom. The number of hydrogen-bond acceptors (Lipinski definition) is 7. The summed E-state index contributed by atoms with van der Waals surface area (Å²) in [7, 11) is 1.39. The van der Waals surface area contributed by atoms with Crippen molar-refractivity contribution in [1.82, 2.24) is 15.3 Å². The minimum absolute atomic E-state index is 0.0321. The molecule has 1 fully saturated rings. The molecule has 3 N–H and O–H groups in total. The Balaban J connectivity index is 1.70. The molecule has 2 atom stereocenters. The zero-order chi connectivity index (χ0) is 18.8. The highest BCUT2D eigenvalue weighted by molar-refractivity contribution is 5.91. The maximum absolute atomic E-state index is 11.7. The summed E-state index contributed by atoms with van der Waals surface area (Å²) in [5.41, 5.74) is 1.35. The predicted molar refractivity (Wildman–Crippen MR) is 102 cm³/mol. The Kier molecular flexibility index (Phi) is 4.60. The van der Waals surface area contributed by atoms with Crippen LogP contribution in [0.5, 0.6) is 5.75 Å². The van der Waals surface area contributed by atoms with Gasteiger partial charge in [0.15, 0.2) is 5.82 Å². The van der Waals surface area contributed by atoms with Crippen molar-refractivity contribution in [3.63, 3.8) is 0 Å². The van der Waals surface area contributed by atoms with Crippen LogP contribution in [-0.2, 0) is 9.53 Å². The summed E-state index contributed by atoms with van der Waals surface area (Å²) in [5.74, 6) is 0.995. The average Bonchev–Trinajstić information content (AvgIpc) is 3.16. The summed E-state index contributed by atoms with van der Waals surface area (Å²) < 4.78 is 4.81. The summed E-state index contributed by atoms with van der Waals surface area (Å²) in [6, 6.07) is 14.4. The van der Waals surface area contributed by atoms with Crippen molar-refractivity contribution in [3.8, 4) is 17.1 Å². The van der Waals surface area contributed by atoms with Gasteiger partial charge >= 0.3 is 5.97 Å². The van der Waals surface area contributed by atoms with E-state index >= 15 is 0 Å². The minimum Gasteiger partial charge on any atom is -0.507 e. The molecule has 138 valence electrons. The molecule has 3 aromatic rings. The summed E-state index contributed by atoms with van der Waals surface area (Å²) >= 11 is 0. The van der Waals surface area contributed by atoms with E-state index in [1.54, 1.807) is 18.2 Å². The number of benzene rings is 2. The van der Waals surface area contributed by atoms with E-state index in [1.807, 2.05) is 30.3 Å². The fraction of sp³-hybridized carbons (Fsp3) is 0.250. The molecule has 0 amide bonds. The molecular formula is C20H20N4O3. The van der Waals surface area contributed by atoms with E-state index in [-0.39, 0.29) is 23.8 Å². The van der Waals surface area contributed by atoms with Gasteiger partial charge in [0, 0.05) is 18.0 Å². The van der Waals surface area contributed by atoms with Crippen molar-refractivity contribution in [2.45, 2.75) is 18.5 Å². The van der Waals surface area contributed by atoms with Crippen LogP contribution in [0.2, 0.25) is 0 Å². The first-order chi connectivity index (χ1) is 13.2. The van der Waals surface area contributed by atoms with Crippen molar-refractivity contribution >= 4 is 22.7 Å². The Morgan fingerprint density at radius 1 is 1.19 bits per heavy atom. The number of para-hydroxylation sites is 2. The molecule has 0 radical (unpaired) electrons. The summed E-state index contributed by atoms with van der Waals surface area (Å²) in [5, 5.41) is 17.6. The number of fused-ring (bicyclic) bond motifs is 1. The monoisotopic (exact) mass is 364 g/mol. The molecular weight excluding hydrogens is 344 g/mol. The average molecular weight is 364 g/mol. The maximum atomic E-state index is 11.7. The zero-order valence-electron chi connectivity index (χ0n) is 14.8. The third-order valence-electron chi connectivity index (χ3n) is 4.71. The number of phenolic OH excluding ortho intramolecular Hbond substituents is 1. The van der Waals surface area contributed by atoms with Gasteiger partial charge in [0.2, 0.25) is 0 Å². The number of hydrogen-bond donors (Lipinski definition) is 3. The number of esters is 1. The third-order valence-corrected chi connectivity index (χ3v) is 4.71. The largest absolute Gasteiger partial charge is 0.507 e. The van der Waals surface area contributed by atoms with Crippen LogP contribution in [0.4, 0.5) is 5.82 Å². The molecule has 1 aliphatic heterocycles. The minimum atomic E-state index is -0.321. The van der Waals surface area contributed by atoms with Crippen molar-refractivity contribution in [2.75, 3.05) is 19.0 Å². The van der Waals surface area contributed by atoms with Crippen LogP contribution >= 0.6 is 0 Å². The van der Waals surface area contributed by atoms with Crippen molar-refractivity contribution in [3.05, 3.63) is 48.5 Å². The van der Waals surface area contributed by atoms with Gasteiger partial charge in [-0.15, -0.1) is 0 Å². The highest BCUT2D eigenvalue weighted by Crippen LogP contribution is 2.30. The number of ether oxygens (including phenoxy) is 1. The van der Waals surface area contributed by atoms with E-state index in [0.29, 0.717) is 30.2 Å². The normalized spacial score (nSPS) is 19.1. The number of carbonyl (C=O) groups excluding carboxylic acids is 1. The Morgan fingerprint density at radius 3 is 2.78 bits per heavy atom. The highest BCUT2D eigenvalue weighted by Gasteiger charge is 2.30. The molecule has 1 aliphatic rings. The van der Waals surface area contributed by atoms with E-state index in [2.05, 4.69) is 20.6 Å². The zero-order valence-corrected chi connectivity index (χ0v) is 14.8. The van der Waals surface area contributed by atoms with E-state index < -0.39 is 0 Å². The van der Waals surface area contributed by atoms with E-state index in [9.17, 15) is 9.90 Å². The first kappa shape index (κ1) is 17.2. The molecule has 0 aliphatic carbocycles. The molecule has 1 aromatic heterocycles. The van der Waals surface area contributed by atoms with Crippen LogP contribution in [0.1, 0.15) is 6.42 Å². The quantitative estimate of drug-likeness (QED) is 0.611. The number of aromatic nitrogens is 2. The van der Waals surface area contributed by atoms with Gasteiger partial charge in [-0.25, -0.2) is 9.97 Å². The predicted octanol–water partition coefficient (Wildman–Crippen LogP) is 2.32. The van der Waals surface area contributed by atoms with Crippen LogP contribution < -0.4 is 10.6 Å². The molecule has 2 aromatic carbocycles. The molecule has 0 spiro atoms. The molecule has 7 nitrogen and oxygen atoms in total. The molecule has 27 heavy (non-hydrogen) atoms. The van der Waals surface area contributed by atoms with Gasteiger partial charge in [-0.2, -0.15) is 0 Å². The first-order valence-electron chi connectivity index (χ1n) is 8.78. The Hall–Kier alpha value is -3.19. The van der Waals surface area contributed by atoms with E-state index in [0.717, 1.165) is 10.9 Å². The Bertz CT molecular complexity index is 992. The lowest BCUT2D eigenvalue weighted by Crippen LogP contribution is -2.31. The SMILES string of the molecule is COC(=O)[C@H]1CC(Nc2nc(-c3ccccc3O)nc3ccccc23)CN1. The van der Waals surface area contributed by atoms with Crippen LogP contribution in [-0.4, -0.2) is 46.8 Å². The summed E-state index contributed by atoms with van der Waals surface area (Å²) in [4.78, 5) is 21.0. The van der Waals surface area contributed by atoms with Gasteiger partial charge in [0.1, 0.15) is 17.6 Å². The smallest absolute Gasteiger partial charge is 0.322 e. The molecule has 1 unspecified atom stereocenters. The van der Waals surface area contributed by atoms with Crippen molar-refractivity contribution in [2.24, 2.45) is 0 Å². The molecule has 0 saturated carbocycles. The topological polar surface area (TPSA) is 96.4 Å². The number of rotatable bonds is 4. The van der Waals surface area contributed by atoms with Gasteiger partial charge in [-0.3, -0.25) is 4.79 Å². The van der Waals surface area contributed by atoms with E-state index in [1.165, 1.54) is 7.11 Å². The number of methoxy groups -OCH3 is 1. The summed E-state index contributed by atoms with van der Waals surface area (Å²) in [6.07, 6.45) is 0.608. The first-order valence-corrected chi connectivity index (χ1v) is 8.78. The standard InChI is InChI=1S/C20H20N4O3/c1-27-20(26)16-10-12(11-21-16)22-18-13-6-2-4-8-15(13)23-19(24-18)14-7-3-5-9-17(14)25/h2-9,12,16,21,25H,10-11H2,1H3,(H,22,23,24)/t12?,16-/m1/s1. The number of phenols is 1. The Labute approximate surface area is 156 Å².